The van der Waals surface area contributed by atoms with Gasteiger partial charge in [0.1, 0.15) is 10.3 Å². The molecule has 1 aromatic rings. The van der Waals surface area contributed by atoms with Gasteiger partial charge in [-0.1, -0.05) is 48.8 Å². The van der Waals surface area contributed by atoms with Crippen LogP contribution in [0.5, 0.6) is 0 Å². The van der Waals surface area contributed by atoms with E-state index in [1.54, 1.807) is 0 Å². The van der Waals surface area contributed by atoms with Gasteiger partial charge in [0.2, 0.25) is 0 Å². The fourth-order valence-electron chi connectivity index (χ4n) is 1.10. The van der Waals surface area contributed by atoms with Crippen LogP contribution in [-0.2, 0) is 0 Å². The summed E-state index contributed by atoms with van der Waals surface area (Å²) in [6, 6.07) is 0. The summed E-state index contributed by atoms with van der Waals surface area (Å²) in [6.07, 6.45) is 2.87. The lowest BCUT2D eigenvalue weighted by Crippen LogP contribution is -2.00. The Morgan fingerprint density at radius 2 is 1.79 bits per heavy atom. The second-order valence-electron chi connectivity index (χ2n) is 3.01. The molecule has 1 aromatic heterocycles. The fourth-order valence-corrected chi connectivity index (χ4v) is 2.33. The van der Waals surface area contributed by atoms with Crippen LogP contribution in [0.25, 0.3) is 0 Å². The SMILES string of the molecule is CC[C@H](C)c1c(Cl)nc(SC)nc1Cl. The molecule has 0 spiro atoms. The Labute approximate surface area is 98.4 Å². The third-order valence-corrected chi connectivity index (χ3v) is 3.24. The Hall–Kier alpha value is 0.01000. The molecule has 0 unspecified atom stereocenters. The zero-order valence-electron chi connectivity index (χ0n) is 8.34. The molecule has 1 rings (SSSR count). The summed E-state index contributed by atoms with van der Waals surface area (Å²) in [7, 11) is 0. The average Bonchev–Trinajstić information content (AvgIpc) is 2.16. The first-order chi connectivity index (χ1) is 6.60. The maximum atomic E-state index is 6.04. The van der Waals surface area contributed by atoms with Gasteiger partial charge < -0.3 is 0 Å². The normalized spacial score (nSPS) is 12.9. The Bertz CT molecular complexity index is 308. The van der Waals surface area contributed by atoms with Crippen LogP contribution < -0.4 is 0 Å². The Morgan fingerprint density at radius 3 is 2.14 bits per heavy atom. The van der Waals surface area contributed by atoms with Crippen LogP contribution >= 0.6 is 35.0 Å². The monoisotopic (exact) mass is 250 g/mol. The van der Waals surface area contributed by atoms with Gasteiger partial charge in [-0.15, -0.1) is 0 Å². The fraction of sp³-hybridized carbons (Fsp3) is 0.556. The molecule has 1 atom stereocenters. The van der Waals surface area contributed by atoms with E-state index in [2.05, 4.69) is 23.8 Å². The van der Waals surface area contributed by atoms with Crippen molar-refractivity contribution in [3.05, 3.63) is 15.9 Å². The maximum absolute atomic E-state index is 6.04. The van der Waals surface area contributed by atoms with Gasteiger partial charge in [-0.05, 0) is 18.6 Å². The van der Waals surface area contributed by atoms with Crippen molar-refractivity contribution in [3.63, 3.8) is 0 Å². The molecule has 0 saturated heterocycles. The van der Waals surface area contributed by atoms with Gasteiger partial charge >= 0.3 is 0 Å². The molecule has 1 heterocycles. The highest BCUT2D eigenvalue weighted by molar-refractivity contribution is 7.98. The standard InChI is InChI=1S/C9H12Cl2N2S/c1-4-5(2)6-7(10)12-9(14-3)13-8(6)11/h5H,4H2,1-3H3/t5-/m0/s1. The second-order valence-corrected chi connectivity index (χ2v) is 4.50. The van der Waals surface area contributed by atoms with Crippen molar-refractivity contribution in [2.45, 2.75) is 31.3 Å². The largest absolute Gasteiger partial charge is 0.210 e. The molecule has 0 amide bonds. The maximum Gasteiger partial charge on any atom is 0.190 e. The first kappa shape index (κ1) is 12.1. The number of rotatable bonds is 3. The van der Waals surface area contributed by atoms with E-state index in [9.17, 15) is 0 Å². The molecule has 5 heteroatoms. The number of thioether (sulfide) groups is 1. The third-order valence-electron chi connectivity index (χ3n) is 2.12. The molecule has 14 heavy (non-hydrogen) atoms. The van der Waals surface area contributed by atoms with Gasteiger partial charge in [0.25, 0.3) is 0 Å². The number of aromatic nitrogens is 2. The van der Waals surface area contributed by atoms with E-state index in [0.717, 1.165) is 12.0 Å². The average molecular weight is 251 g/mol. The summed E-state index contributed by atoms with van der Waals surface area (Å²) < 4.78 is 0. The lowest BCUT2D eigenvalue weighted by atomic mass is 10.0. The van der Waals surface area contributed by atoms with E-state index in [4.69, 9.17) is 23.2 Å². The first-order valence-electron chi connectivity index (χ1n) is 4.37. The number of nitrogens with zero attached hydrogens (tertiary/aromatic N) is 2. The third kappa shape index (κ3) is 2.53. The summed E-state index contributed by atoms with van der Waals surface area (Å²) in [5.41, 5.74) is 0.855. The minimum Gasteiger partial charge on any atom is -0.210 e. The van der Waals surface area contributed by atoms with Crippen molar-refractivity contribution in [3.8, 4) is 0 Å². The van der Waals surface area contributed by atoms with Crippen molar-refractivity contribution in [2.75, 3.05) is 6.26 Å². The van der Waals surface area contributed by atoms with Crippen molar-refractivity contribution >= 4 is 35.0 Å². The molecular formula is C9H12Cl2N2S. The predicted molar refractivity (Wildman–Crippen MR) is 62.5 cm³/mol. The molecule has 0 aliphatic rings. The molecule has 0 saturated carbocycles. The van der Waals surface area contributed by atoms with Crippen molar-refractivity contribution in [1.82, 2.24) is 9.97 Å². The van der Waals surface area contributed by atoms with Crippen LogP contribution in [0.2, 0.25) is 10.3 Å². The molecule has 0 radical (unpaired) electrons. The second kappa shape index (κ2) is 5.19. The van der Waals surface area contributed by atoms with Gasteiger partial charge in [0.05, 0.1) is 0 Å². The topological polar surface area (TPSA) is 25.8 Å². The van der Waals surface area contributed by atoms with Gasteiger partial charge in [0.15, 0.2) is 5.16 Å². The van der Waals surface area contributed by atoms with Crippen molar-refractivity contribution in [2.24, 2.45) is 0 Å². The van der Waals surface area contributed by atoms with Crippen LogP contribution in [0.4, 0.5) is 0 Å². The van der Waals surface area contributed by atoms with E-state index in [0.29, 0.717) is 21.4 Å². The van der Waals surface area contributed by atoms with E-state index < -0.39 is 0 Å². The Kier molecular flexibility index (Phi) is 4.48. The molecular weight excluding hydrogens is 239 g/mol. The van der Waals surface area contributed by atoms with Gasteiger partial charge in [-0.25, -0.2) is 9.97 Å². The molecule has 2 nitrogen and oxygen atoms in total. The van der Waals surface area contributed by atoms with Crippen LogP contribution in [0.3, 0.4) is 0 Å². The zero-order valence-corrected chi connectivity index (χ0v) is 10.7. The summed E-state index contributed by atoms with van der Waals surface area (Å²) in [5.74, 6) is 0.297. The molecule has 0 N–H and O–H groups in total. The van der Waals surface area contributed by atoms with E-state index >= 15 is 0 Å². The van der Waals surface area contributed by atoms with Crippen molar-refractivity contribution in [1.29, 1.82) is 0 Å². The lowest BCUT2D eigenvalue weighted by molar-refractivity contribution is 0.717. The van der Waals surface area contributed by atoms with Crippen LogP contribution in [0, 0.1) is 0 Å². The minimum absolute atomic E-state index is 0.297. The molecule has 78 valence electrons. The molecule has 0 aromatic carbocycles. The van der Waals surface area contributed by atoms with E-state index in [-0.39, 0.29) is 0 Å². The highest BCUT2D eigenvalue weighted by Gasteiger charge is 2.15. The molecule has 0 bridgehead atoms. The Balaban J connectivity index is 3.18. The quantitative estimate of drug-likeness (QED) is 0.461. The summed E-state index contributed by atoms with van der Waals surface area (Å²) in [4.78, 5) is 8.31. The highest BCUT2D eigenvalue weighted by Crippen LogP contribution is 2.32. The van der Waals surface area contributed by atoms with E-state index in [1.807, 2.05) is 6.26 Å². The number of halogens is 2. The van der Waals surface area contributed by atoms with Gasteiger partial charge in [-0.2, -0.15) is 0 Å². The first-order valence-corrected chi connectivity index (χ1v) is 6.35. The molecule has 0 fully saturated rings. The van der Waals surface area contributed by atoms with E-state index in [1.165, 1.54) is 11.8 Å². The Morgan fingerprint density at radius 1 is 1.29 bits per heavy atom. The van der Waals surface area contributed by atoms with Gasteiger partial charge in [0, 0.05) is 5.56 Å². The number of hydrogen-bond acceptors (Lipinski definition) is 3. The highest BCUT2D eigenvalue weighted by atomic mass is 35.5. The number of hydrogen-bond donors (Lipinski definition) is 0. The molecule has 0 aliphatic carbocycles. The predicted octanol–water partition coefficient (Wildman–Crippen LogP) is 4.02. The van der Waals surface area contributed by atoms with Crippen LogP contribution in [-0.4, -0.2) is 16.2 Å². The summed E-state index contributed by atoms with van der Waals surface area (Å²) in [5, 5.41) is 1.57. The minimum atomic E-state index is 0.297. The van der Waals surface area contributed by atoms with Crippen molar-refractivity contribution < 1.29 is 0 Å². The lowest BCUT2D eigenvalue weighted by Gasteiger charge is -2.12. The van der Waals surface area contributed by atoms with Gasteiger partial charge in [-0.3, -0.25) is 0 Å². The van der Waals surface area contributed by atoms with Crippen LogP contribution in [0.15, 0.2) is 5.16 Å². The molecule has 0 aliphatic heterocycles. The smallest absolute Gasteiger partial charge is 0.190 e. The zero-order chi connectivity index (χ0) is 10.7. The summed E-state index contributed by atoms with van der Waals surface area (Å²) in [6.45, 7) is 4.15. The summed E-state index contributed by atoms with van der Waals surface area (Å²) >= 11 is 13.5. The van der Waals surface area contributed by atoms with Crippen LogP contribution in [0.1, 0.15) is 31.7 Å².